The molecule has 24 heavy (non-hydrogen) atoms. The highest BCUT2D eigenvalue weighted by molar-refractivity contribution is 4.96. The molecule has 5 unspecified atom stereocenters. The summed E-state index contributed by atoms with van der Waals surface area (Å²) in [5, 5.41) is 48.7. The molecule has 0 aromatic carbocycles. The van der Waals surface area contributed by atoms with E-state index in [0.29, 0.717) is 0 Å². The Bertz CT molecular complexity index is 400. The minimum absolute atomic E-state index is 0.451. The summed E-state index contributed by atoms with van der Waals surface area (Å²) < 4.78 is 21.2. The number of nitrogens with two attached hydrogens (primary N) is 2. The third-order valence-corrected chi connectivity index (χ3v) is 4.38. The van der Waals surface area contributed by atoms with Gasteiger partial charge in [0.25, 0.3) is 0 Å². The van der Waals surface area contributed by atoms with E-state index >= 15 is 0 Å². The van der Waals surface area contributed by atoms with Gasteiger partial charge in [-0.25, -0.2) is 0 Å². The maximum absolute atomic E-state index is 10.2. The van der Waals surface area contributed by atoms with Crippen LogP contribution in [0.5, 0.6) is 0 Å². The molecule has 0 aromatic rings. The van der Waals surface area contributed by atoms with E-state index in [4.69, 9.17) is 30.4 Å². The Kier molecular flexibility index (Phi) is 6.87. The Balaban J connectivity index is 2.12. The van der Waals surface area contributed by atoms with Gasteiger partial charge in [0.15, 0.2) is 12.6 Å². The normalized spacial score (nSPS) is 50.0. The second kappa shape index (κ2) is 8.29. The van der Waals surface area contributed by atoms with Gasteiger partial charge in [0.1, 0.15) is 36.6 Å². The van der Waals surface area contributed by atoms with Crippen molar-refractivity contribution in [3.63, 3.8) is 0 Å². The highest BCUT2D eigenvalue weighted by Crippen LogP contribution is 2.28. The highest BCUT2D eigenvalue weighted by Gasteiger charge is 2.49. The maximum Gasteiger partial charge on any atom is 0.176 e. The molecule has 11 nitrogen and oxygen atoms in total. The molecule has 9 N–H and O–H groups in total. The van der Waals surface area contributed by atoms with Gasteiger partial charge >= 0.3 is 0 Å². The van der Waals surface area contributed by atoms with Crippen molar-refractivity contribution in [3.05, 3.63) is 0 Å². The molecule has 0 amide bonds. The third-order valence-electron chi connectivity index (χ3n) is 4.38. The fourth-order valence-electron chi connectivity index (χ4n) is 2.93. The van der Waals surface area contributed by atoms with Gasteiger partial charge in [0.2, 0.25) is 0 Å². The Morgan fingerprint density at radius 2 is 1.42 bits per heavy atom. The molecule has 2 heterocycles. The Morgan fingerprint density at radius 1 is 0.875 bits per heavy atom. The monoisotopic (exact) mass is 354 g/mol. The van der Waals surface area contributed by atoms with E-state index in [0.717, 1.165) is 0 Å². The number of methoxy groups -OCH3 is 1. The average Bonchev–Trinajstić information content (AvgIpc) is 2.58. The predicted molar refractivity (Wildman–Crippen MR) is 77.3 cm³/mol. The number of hydrogen-bond donors (Lipinski definition) is 7. The average molecular weight is 354 g/mol. The van der Waals surface area contributed by atoms with Crippen LogP contribution in [0.2, 0.25) is 0 Å². The molecule has 11 heteroatoms. The number of aliphatic hydroxyl groups is 5. The number of aliphatic hydroxyl groups excluding tert-OH is 5. The van der Waals surface area contributed by atoms with Gasteiger partial charge in [-0.05, 0) is 0 Å². The van der Waals surface area contributed by atoms with Gasteiger partial charge in [-0.1, -0.05) is 0 Å². The summed E-state index contributed by atoms with van der Waals surface area (Å²) in [5.74, 6) is 0. The van der Waals surface area contributed by atoms with Crippen molar-refractivity contribution in [2.75, 3.05) is 20.3 Å². The first-order valence-corrected chi connectivity index (χ1v) is 7.62. The topological polar surface area (TPSA) is 190 Å². The highest BCUT2D eigenvalue weighted by atomic mass is 16.7. The third kappa shape index (κ3) is 3.71. The van der Waals surface area contributed by atoms with Crippen LogP contribution >= 0.6 is 0 Å². The van der Waals surface area contributed by atoms with Crippen LogP contribution in [0.15, 0.2) is 0 Å². The van der Waals surface area contributed by atoms with Crippen LogP contribution < -0.4 is 11.5 Å². The lowest BCUT2D eigenvalue weighted by molar-refractivity contribution is -0.325. The molecule has 0 radical (unpaired) electrons. The molecule has 2 saturated heterocycles. The van der Waals surface area contributed by atoms with Crippen LogP contribution in [0.25, 0.3) is 0 Å². The van der Waals surface area contributed by atoms with Gasteiger partial charge in [0, 0.05) is 7.11 Å². The molecular formula is C13H26N2O9. The summed E-state index contributed by atoms with van der Waals surface area (Å²) in [6.45, 7) is -1.01. The standard InChI is InChI=1S/C13H26N2O9/c1-21-10-4(2-16)23-13(7(15)9(10)19)24-11-5(3-17)22-12(20)6(14)8(11)18/h4-13,16-20H,2-3,14-15H2,1H3/t4?,5?,6-,7?,8?,9-,10?,11+,12+,13+/m1/s1. The Morgan fingerprint density at radius 3 is 1.96 bits per heavy atom. The first-order chi connectivity index (χ1) is 11.3. The summed E-state index contributed by atoms with van der Waals surface area (Å²) in [6, 6.07) is -2.21. The summed E-state index contributed by atoms with van der Waals surface area (Å²) in [6.07, 6.45) is -9.23. The smallest absolute Gasteiger partial charge is 0.176 e. The minimum Gasteiger partial charge on any atom is -0.394 e. The Hall–Kier alpha value is -0.440. The van der Waals surface area contributed by atoms with E-state index in [-0.39, 0.29) is 0 Å². The van der Waals surface area contributed by atoms with Crippen LogP contribution in [0.1, 0.15) is 0 Å². The summed E-state index contributed by atoms with van der Waals surface area (Å²) in [4.78, 5) is 0. The fraction of sp³-hybridized carbons (Fsp3) is 1.00. The van der Waals surface area contributed by atoms with Crippen molar-refractivity contribution in [1.82, 2.24) is 0 Å². The zero-order chi connectivity index (χ0) is 18.0. The van der Waals surface area contributed by atoms with E-state index in [1.807, 2.05) is 0 Å². The largest absolute Gasteiger partial charge is 0.394 e. The molecule has 0 saturated carbocycles. The van der Waals surface area contributed by atoms with E-state index in [2.05, 4.69) is 0 Å². The zero-order valence-electron chi connectivity index (χ0n) is 13.2. The van der Waals surface area contributed by atoms with Gasteiger partial charge in [-0.15, -0.1) is 0 Å². The SMILES string of the molecule is COC1C(CO)O[C@@H](O[C@H]2C(CO)O[C@H](O)[C@H](N)C2O)C(N)[C@H]1O. The van der Waals surface area contributed by atoms with Crippen LogP contribution in [-0.4, -0.2) is 107 Å². The summed E-state index contributed by atoms with van der Waals surface area (Å²) >= 11 is 0. The van der Waals surface area contributed by atoms with Crippen molar-refractivity contribution in [3.8, 4) is 0 Å². The summed E-state index contributed by atoms with van der Waals surface area (Å²) in [5.41, 5.74) is 11.5. The van der Waals surface area contributed by atoms with E-state index in [1.54, 1.807) is 0 Å². The van der Waals surface area contributed by atoms with Crippen molar-refractivity contribution in [2.24, 2.45) is 11.5 Å². The second-order valence-electron chi connectivity index (χ2n) is 5.91. The first-order valence-electron chi connectivity index (χ1n) is 7.62. The molecule has 0 aliphatic carbocycles. The molecule has 0 aromatic heterocycles. The van der Waals surface area contributed by atoms with Crippen molar-refractivity contribution < 1.29 is 44.5 Å². The maximum atomic E-state index is 10.2. The van der Waals surface area contributed by atoms with Crippen LogP contribution in [0.4, 0.5) is 0 Å². The molecule has 142 valence electrons. The zero-order valence-corrected chi connectivity index (χ0v) is 13.2. The lowest BCUT2D eigenvalue weighted by atomic mass is 9.95. The van der Waals surface area contributed by atoms with Gasteiger partial charge in [-0.3, -0.25) is 0 Å². The second-order valence-corrected chi connectivity index (χ2v) is 5.91. The number of rotatable bonds is 5. The van der Waals surface area contributed by atoms with Gasteiger partial charge in [0.05, 0.1) is 25.3 Å². The molecule has 0 spiro atoms. The van der Waals surface area contributed by atoms with Gasteiger partial charge < -0.3 is 55.9 Å². The lowest BCUT2D eigenvalue weighted by Gasteiger charge is -2.46. The number of hydrogen-bond acceptors (Lipinski definition) is 11. The molecule has 0 bridgehead atoms. The first kappa shape index (κ1) is 19.9. The van der Waals surface area contributed by atoms with Gasteiger partial charge in [-0.2, -0.15) is 0 Å². The van der Waals surface area contributed by atoms with Crippen molar-refractivity contribution >= 4 is 0 Å². The fourth-order valence-corrected chi connectivity index (χ4v) is 2.93. The van der Waals surface area contributed by atoms with E-state index in [9.17, 15) is 25.5 Å². The van der Waals surface area contributed by atoms with Crippen molar-refractivity contribution in [1.29, 1.82) is 0 Å². The minimum atomic E-state index is -1.47. The predicted octanol–water partition coefficient (Wildman–Crippen LogP) is -4.81. The summed E-state index contributed by atoms with van der Waals surface area (Å²) in [7, 11) is 1.34. The lowest BCUT2D eigenvalue weighted by Crippen LogP contribution is -2.67. The van der Waals surface area contributed by atoms with Crippen molar-refractivity contribution in [2.45, 2.75) is 61.3 Å². The van der Waals surface area contributed by atoms with Crippen LogP contribution in [0.3, 0.4) is 0 Å². The van der Waals surface area contributed by atoms with E-state index < -0.39 is 74.5 Å². The molecule has 2 fully saturated rings. The Labute approximate surface area is 138 Å². The molecule has 2 rings (SSSR count). The molecular weight excluding hydrogens is 328 g/mol. The molecule has 10 atom stereocenters. The van der Waals surface area contributed by atoms with E-state index in [1.165, 1.54) is 7.11 Å². The molecule has 2 aliphatic heterocycles. The van der Waals surface area contributed by atoms with Crippen LogP contribution in [0, 0.1) is 0 Å². The number of ether oxygens (including phenoxy) is 4. The van der Waals surface area contributed by atoms with Crippen LogP contribution in [-0.2, 0) is 18.9 Å². The molecule has 2 aliphatic rings. The quantitative estimate of drug-likeness (QED) is 0.251.